The van der Waals surface area contributed by atoms with Crippen molar-refractivity contribution in [1.82, 2.24) is 4.90 Å². The number of nitrogens with zero attached hydrogens (tertiary/aromatic N) is 1. The summed E-state index contributed by atoms with van der Waals surface area (Å²) in [6.45, 7) is 12.1. The van der Waals surface area contributed by atoms with Crippen molar-refractivity contribution in [2.75, 3.05) is 20.1 Å². The molecule has 2 unspecified atom stereocenters. The van der Waals surface area contributed by atoms with Crippen molar-refractivity contribution >= 4 is 0 Å². The van der Waals surface area contributed by atoms with Crippen molar-refractivity contribution < 1.29 is 0 Å². The summed E-state index contributed by atoms with van der Waals surface area (Å²) in [7, 11) is 2.23. The molecule has 1 fully saturated rings. The lowest BCUT2D eigenvalue weighted by atomic mass is 9.70. The van der Waals surface area contributed by atoms with E-state index < -0.39 is 0 Å². The van der Waals surface area contributed by atoms with Crippen LogP contribution in [0.4, 0.5) is 0 Å². The molecule has 12 heavy (non-hydrogen) atoms. The first-order chi connectivity index (χ1) is 5.41. The van der Waals surface area contributed by atoms with Gasteiger partial charge in [0.2, 0.25) is 0 Å². The van der Waals surface area contributed by atoms with Crippen LogP contribution in [0.25, 0.3) is 0 Å². The number of hydrogen-bond donors (Lipinski definition) is 0. The fourth-order valence-corrected chi connectivity index (χ4v) is 2.64. The third-order valence-electron chi connectivity index (χ3n) is 3.22. The second-order valence-corrected chi connectivity index (χ2v) is 5.50. The predicted octanol–water partition coefficient (Wildman–Crippen LogP) is 2.62. The van der Waals surface area contributed by atoms with E-state index in [1.807, 2.05) is 0 Å². The SMILES string of the molecule is CC1CN(C)CCC1C(C)(C)C. The standard InChI is InChI=1S/C11H23N/c1-9-8-12(5)7-6-10(9)11(2,3)4/h9-10H,6-8H2,1-5H3. The Morgan fingerprint density at radius 1 is 1.25 bits per heavy atom. The molecule has 1 saturated heterocycles. The fourth-order valence-electron chi connectivity index (χ4n) is 2.64. The molecule has 2 atom stereocenters. The second kappa shape index (κ2) is 3.37. The van der Waals surface area contributed by atoms with E-state index in [0.29, 0.717) is 5.41 Å². The summed E-state index contributed by atoms with van der Waals surface area (Å²) in [5.74, 6) is 1.78. The van der Waals surface area contributed by atoms with Crippen molar-refractivity contribution in [3.63, 3.8) is 0 Å². The summed E-state index contributed by atoms with van der Waals surface area (Å²) in [6, 6.07) is 0. The highest BCUT2D eigenvalue weighted by atomic mass is 15.1. The van der Waals surface area contributed by atoms with Gasteiger partial charge in [-0.1, -0.05) is 27.7 Å². The van der Waals surface area contributed by atoms with Crippen LogP contribution in [0, 0.1) is 17.3 Å². The van der Waals surface area contributed by atoms with Crippen LogP contribution in [-0.4, -0.2) is 25.0 Å². The van der Waals surface area contributed by atoms with Gasteiger partial charge in [-0.15, -0.1) is 0 Å². The van der Waals surface area contributed by atoms with Gasteiger partial charge in [0.05, 0.1) is 0 Å². The van der Waals surface area contributed by atoms with Crippen LogP contribution in [-0.2, 0) is 0 Å². The number of rotatable bonds is 0. The van der Waals surface area contributed by atoms with Crippen LogP contribution in [0.15, 0.2) is 0 Å². The average Bonchev–Trinajstić information content (AvgIpc) is 1.83. The van der Waals surface area contributed by atoms with Crippen molar-refractivity contribution in [2.24, 2.45) is 17.3 Å². The van der Waals surface area contributed by atoms with Gasteiger partial charge < -0.3 is 4.90 Å². The lowest BCUT2D eigenvalue weighted by Gasteiger charge is -2.42. The topological polar surface area (TPSA) is 3.24 Å². The maximum absolute atomic E-state index is 2.45. The molecule has 0 amide bonds. The molecule has 0 aromatic heterocycles. The number of piperidine rings is 1. The molecule has 0 spiro atoms. The zero-order valence-corrected chi connectivity index (χ0v) is 9.22. The molecule has 0 saturated carbocycles. The van der Waals surface area contributed by atoms with E-state index >= 15 is 0 Å². The third kappa shape index (κ3) is 2.22. The molecule has 1 aliphatic rings. The molecule has 0 aliphatic carbocycles. The van der Waals surface area contributed by atoms with Crippen LogP contribution < -0.4 is 0 Å². The Hall–Kier alpha value is -0.0400. The van der Waals surface area contributed by atoms with Gasteiger partial charge in [-0.25, -0.2) is 0 Å². The Kier molecular flexibility index (Phi) is 2.82. The van der Waals surface area contributed by atoms with Gasteiger partial charge in [0.15, 0.2) is 0 Å². The highest BCUT2D eigenvalue weighted by Crippen LogP contribution is 2.37. The van der Waals surface area contributed by atoms with E-state index in [2.05, 4.69) is 39.6 Å². The van der Waals surface area contributed by atoms with Crippen molar-refractivity contribution in [1.29, 1.82) is 0 Å². The molecule has 0 aromatic carbocycles. The molecule has 0 radical (unpaired) electrons. The molecule has 1 heterocycles. The monoisotopic (exact) mass is 169 g/mol. The first-order valence-electron chi connectivity index (χ1n) is 5.10. The zero-order chi connectivity index (χ0) is 9.35. The molecule has 1 heteroatoms. The Bertz CT molecular complexity index is 146. The van der Waals surface area contributed by atoms with Gasteiger partial charge in [0.1, 0.15) is 0 Å². The van der Waals surface area contributed by atoms with Crippen molar-refractivity contribution in [2.45, 2.75) is 34.1 Å². The number of hydrogen-bond acceptors (Lipinski definition) is 1. The Morgan fingerprint density at radius 3 is 2.25 bits per heavy atom. The summed E-state index contributed by atoms with van der Waals surface area (Å²) in [5, 5.41) is 0. The summed E-state index contributed by atoms with van der Waals surface area (Å²) in [4.78, 5) is 2.45. The van der Waals surface area contributed by atoms with Gasteiger partial charge in [-0.05, 0) is 37.3 Å². The number of likely N-dealkylation sites (tertiary alicyclic amines) is 1. The Morgan fingerprint density at radius 2 is 1.83 bits per heavy atom. The maximum atomic E-state index is 2.45. The smallest absolute Gasteiger partial charge is 0.000683 e. The zero-order valence-electron chi connectivity index (χ0n) is 9.22. The van der Waals surface area contributed by atoms with Crippen LogP contribution in [0.3, 0.4) is 0 Å². The van der Waals surface area contributed by atoms with Crippen molar-refractivity contribution in [3.05, 3.63) is 0 Å². The van der Waals surface area contributed by atoms with Crippen LogP contribution in [0.1, 0.15) is 34.1 Å². The minimum Gasteiger partial charge on any atom is -0.306 e. The molecule has 1 nitrogen and oxygen atoms in total. The first-order valence-corrected chi connectivity index (χ1v) is 5.10. The van der Waals surface area contributed by atoms with E-state index in [1.54, 1.807) is 0 Å². The summed E-state index contributed by atoms with van der Waals surface area (Å²) in [5.41, 5.74) is 0.501. The fraction of sp³-hybridized carbons (Fsp3) is 1.00. The lowest BCUT2D eigenvalue weighted by Crippen LogP contribution is -2.41. The summed E-state index contributed by atoms with van der Waals surface area (Å²) in [6.07, 6.45) is 1.38. The van der Waals surface area contributed by atoms with Crippen LogP contribution in [0.5, 0.6) is 0 Å². The molecule has 72 valence electrons. The second-order valence-electron chi connectivity index (χ2n) is 5.50. The highest BCUT2D eigenvalue weighted by molar-refractivity contribution is 4.83. The Balaban J connectivity index is 2.57. The molecule has 0 bridgehead atoms. The quantitative estimate of drug-likeness (QED) is 0.539. The van der Waals surface area contributed by atoms with Gasteiger partial charge in [0, 0.05) is 6.54 Å². The van der Waals surface area contributed by atoms with E-state index in [1.165, 1.54) is 19.5 Å². The Labute approximate surface area is 77.1 Å². The minimum absolute atomic E-state index is 0.501. The van der Waals surface area contributed by atoms with E-state index in [9.17, 15) is 0 Å². The summed E-state index contributed by atoms with van der Waals surface area (Å²) < 4.78 is 0. The largest absolute Gasteiger partial charge is 0.306 e. The molecule has 1 rings (SSSR count). The van der Waals surface area contributed by atoms with E-state index in [-0.39, 0.29) is 0 Å². The highest BCUT2D eigenvalue weighted by Gasteiger charge is 2.32. The van der Waals surface area contributed by atoms with Gasteiger partial charge in [-0.3, -0.25) is 0 Å². The predicted molar refractivity (Wildman–Crippen MR) is 54.2 cm³/mol. The van der Waals surface area contributed by atoms with Crippen LogP contribution in [0.2, 0.25) is 0 Å². The molecular weight excluding hydrogens is 146 g/mol. The minimum atomic E-state index is 0.501. The molecule has 0 N–H and O–H groups in total. The average molecular weight is 169 g/mol. The molecular formula is C11H23N. The van der Waals surface area contributed by atoms with Gasteiger partial charge in [0.25, 0.3) is 0 Å². The molecule has 0 aromatic rings. The van der Waals surface area contributed by atoms with E-state index in [0.717, 1.165) is 11.8 Å². The van der Waals surface area contributed by atoms with Gasteiger partial charge >= 0.3 is 0 Å². The summed E-state index contributed by atoms with van der Waals surface area (Å²) >= 11 is 0. The van der Waals surface area contributed by atoms with Crippen LogP contribution >= 0.6 is 0 Å². The third-order valence-corrected chi connectivity index (χ3v) is 3.22. The van der Waals surface area contributed by atoms with Crippen molar-refractivity contribution in [3.8, 4) is 0 Å². The molecule has 1 aliphatic heterocycles. The first kappa shape index (κ1) is 10.0. The van der Waals surface area contributed by atoms with Gasteiger partial charge in [-0.2, -0.15) is 0 Å². The normalized spacial score (nSPS) is 33.8. The lowest BCUT2D eigenvalue weighted by molar-refractivity contribution is 0.0732. The maximum Gasteiger partial charge on any atom is 0.000683 e. The van der Waals surface area contributed by atoms with E-state index in [4.69, 9.17) is 0 Å².